The second kappa shape index (κ2) is 7.54. The third-order valence-corrected chi connectivity index (χ3v) is 5.35. The first-order valence-corrected chi connectivity index (χ1v) is 9.80. The molecule has 0 saturated heterocycles. The fourth-order valence-corrected chi connectivity index (χ4v) is 3.80. The fraction of sp³-hybridized carbons (Fsp3) is 0.261. The van der Waals surface area contributed by atoms with Crippen LogP contribution in [0.4, 0.5) is 0 Å². The van der Waals surface area contributed by atoms with E-state index in [1.165, 1.54) is 4.57 Å². The van der Waals surface area contributed by atoms with Crippen LogP contribution in [0.15, 0.2) is 64.2 Å². The van der Waals surface area contributed by atoms with E-state index < -0.39 is 0 Å². The van der Waals surface area contributed by atoms with E-state index in [2.05, 4.69) is 5.10 Å². The zero-order valence-electron chi connectivity index (χ0n) is 16.9. The molecule has 6 nitrogen and oxygen atoms in total. The molecule has 0 amide bonds. The van der Waals surface area contributed by atoms with Crippen LogP contribution in [-0.4, -0.2) is 18.9 Å². The number of rotatable bonds is 5. The summed E-state index contributed by atoms with van der Waals surface area (Å²) >= 11 is 0. The molecule has 0 aliphatic heterocycles. The molecule has 148 valence electrons. The van der Waals surface area contributed by atoms with Gasteiger partial charge in [-0.25, -0.2) is 4.79 Å². The summed E-state index contributed by atoms with van der Waals surface area (Å²) in [5.74, 6) is 0. The maximum absolute atomic E-state index is 13.5. The number of aryl methyl sites for hydroxylation is 3. The van der Waals surface area contributed by atoms with Crippen molar-refractivity contribution < 1.29 is 0 Å². The summed E-state index contributed by atoms with van der Waals surface area (Å²) in [5.41, 5.74) is 4.25. The molecule has 0 spiro atoms. The number of benzene rings is 2. The monoisotopic (exact) mass is 388 g/mol. The van der Waals surface area contributed by atoms with Crippen LogP contribution < -0.4 is 11.2 Å². The third-order valence-electron chi connectivity index (χ3n) is 5.35. The predicted octanol–water partition coefficient (Wildman–Crippen LogP) is 3.09. The average Bonchev–Trinajstić information content (AvgIpc) is 3.07. The van der Waals surface area contributed by atoms with Crippen LogP contribution in [0.1, 0.15) is 29.3 Å². The lowest BCUT2D eigenvalue weighted by molar-refractivity contribution is 0.622. The zero-order valence-corrected chi connectivity index (χ0v) is 16.9. The van der Waals surface area contributed by atoms with E-state index in [0.29, 0.717) is 29.8 Å². The molecule has 4 aromatic rings. The second-order valence-corrected chi connectivity index (χ2v) is 7.27. The van der Waals surface area contributed by atoms with E-state index in [0.717, 1.165) is 16.7 Å². The van der Waals surface area contributed by atoms with Gasteiger partial charge in [0.05, 0.1) is 24.3 Å². The standard InChI is InChI=1S/C23H24N4O2/c1-4-27-21-20(17(3)24-27)25(15-19-13-9-8-10-16(19)2)23(29)26(22(21)28)14-18-11-6-5-7-12-18/h5-13H,4,14-15H2,1-3H3. The highest BCUT2D eigenvalue weighted by Crippen LogP contribution is 2.17. The number of nitrogens with zero attached hydrogens (tertiary/aromatic N) is 4. The Labute approximate surface area is 168 Å². The molecule has 0 atom stereocenters. The molecule has 0 bridgehead atoms. The Kier molecular flexibility index (Phi) is 4.92. The first kappa shape index (κ1) is 18.9. The minimum absolute atomic E-state index is 0.232. The molecule has 2 aromatic carbocycles. The zero-order chi connectivity index (χ0) is 20.5. The van der Waals surface area contributed by atoms with Crippen molar-refractivity contribution in [1.29, 1.82) is 0 Å². The van der Waals surface area contributed by atoms with E-state index in [4.69, 9.17) is 0 Å². The van der Waals surface area contributed by atoms with Crippen LogP contribution in [0.2, 0.25) is 0 Å². The van der Waals surface area contributed by atoms with Crippen molar-refractivity contribution in [2.45, 2.75) is 40.4 Å². The van der Waals surface area contributed by atoms with E-state index in [1.807, 2.05) is 75.4 Å². The van der Waals surface area contributed by atoms with Crippen molar-refractivity contribution in [2.75, 3.05) is 0 Å². The molecule has 0 unspecified atom stereocenters. The van der Waals surface area contributed by atoms with Gasteiger partial charge in [0.25, 0.3) is 5.56 Å². The average molecular weight is 388 g/mol. The van der Waals surface area contributed by atoms with Gasteiger partial charge < -0.3 is 0 Å². The SMILES string of the molecule is CCn1nc(C)c2c1c(=O)n(Cc1ccccc1)c(=O)n2Cc1ccccc1C. The van der Waals surface area contributed by atoms with Gasteiger partial charge in [-0.05, 0) is 37.5 Å². The first-order chi connectivity index (χ1) is 14.0. The summed E-state index contributed by atoms with van der Waals surface area (Å²) in [6.07, 6.45) is 0. The van der Waals surface area contributed by atoms with Crippen LogP contribution in [0.3, 0.4) is 0 Å². The first-order valence-electron chi connectivity index (χ1n) is 9.80. The molecule has 0 aliphatic rings. The van der Waals surface area contributed by atoms with Gasteiger partial charge >= 0.3 is 5.69 Å². The topological polar surface area (TPSA) is 61.8 Å². The summed E-state index contributed by atoms with van der Waals surface area (Å²) in [6.45, 7) is 7.02. The molecule has 0 fully saturated rings. The van der Waals surface area contributed by atoms with Crippen molar-refractivity contribution in [3.8, 4) is 0 Å². The number of hydrogen-bond donors (Lipinski definition) is 0. The van der Waals surface area contributed by atoms with Crippen molar-refractivity contribution in [2.24, 2.45) is 0 Å². The van der Waals surface area contributed by atoms with E-state index >= 15 is 0 Å². The normalized spacial score (nSPS) is 11.3. The molecule has 2 heterocycles. The summed E-state index contributed by atoms with van der Waals surface area (Å²) in [4.78, 5) is 26.8. The van der Waals surface area contributed by atoms with Gasteiger partial charge in [-0.3, -0.25) is 18.6 Å². The highest BCUT2D eigenvalue weighted by atomic mass is 16.2. The lowest BCUT2D eigenvalue weighted by Crippen LogP contribution is -2.41. The largest absolute Gasteiger partial charge is 0.332 e. The maximum atomic E-state index is 13.5. The second-order valence-electron chi connectivity index (χ2n) is 7.27. The molecule has 0 N–H and O–H groups in total. The number of hydrogen-bond acceptors (Lipinski definition) is 3. The Balaban J connectivity index is 2.00. The van der Waals surface area contributed by atoms with Gasteiger partial charge in [-0.1, -0.05) is 54.6 Å². The van der Waals surface area contributed by atoms with Gasteiger partial charge in [0, 0.05) is 6.54 Å². The van der Waals surface area contributed by atoms with Crippen molar-refractivity contribution in [3.63, 3.8) is 0 Å². The van der Waals surface area contributed by atoms with Crippen molar-refractivity contribution in [3.05, 3.63) is 97.8 Å². The Morgan fingerprint density at radius 1 is 0.828 bits per heavy atom. The molecule has 4 rings (SSSR count). The number of fused-ring (bicyclic) bond motifs is 1. The Morgan fingerprint density at radius 3 is 2.21 bits per heavy atom. The molecular formula is C23H24N4O2. The minimum Gasteiger partial charge on any atom is -0.285 e. The fourth-order valence-electron chi connectivity index (χ4n) is 3.80. The van der Waals surface area contributed by atoms with E-state index in [1.54, 1.807) is 9.25 Å². The van der Waals surface area contributed by atoms with Gasteiger partial charge in [-0.15, -0.1) is 0 Å². The maximum Gasteiger partial charge on any atom is 0.332 e. The van der Waals surface area contributed by atoms with Gasteiger partial charge in [-0.2, -0.15) is 5.10 Å². The molecule has 2 aromatic heterocycles. The van der Waals surface area contributed by atoms with Gasteiger partial charge in [0.15, 0.2) is 5.52 Å². The summed E-state index contributed by atoms with van der Waals surface area (Å²) < 4.78 is 4.71. The van der Waals surface area contributed by atoms with Crippen molar-refractivity contribution >= 4 is 11.0 Å². The summed E-state index contributed by atoms with van der Waals surface area (Å²) in [6, 6.07) is 17.6. The van der Waals surface area contributed by atoms with Crippen LogP contribution in [-0.2, 0) is 19.6 Å². The van der Waals surface area contributed by atoms with Crippen LogP contribution in [0, 0.1) is 13.8 Å². The summed E-state index contributed by atoms with van der Waals surface area (Å²) in [7, 11) is 0. The lowest BCUT2D eigenvalue weighted by atomic mass is 10.1. The molecule has 6 heteroatoms. The van der Waals surface area contributed by atoms with Crippen LogP contribution >= 0.6 is 0 Å². The molecule has 0 radical (unpaired) electrons. The van der Waals surface area contributed by atoms with Gasteiger partial charge in [0.1, 0.15) is 0 Å². The quantitative estimate of drug-likeness (QED) is 0.528. The molecule has 0 saturated carbocycles. The highest BCUT2D eigenvalue weighted by Gasteiger charge is 2.20. The third kappa shape index (κ3) is 3.31. The molecule has 29 heavy (non-hydrogen) atoms. The van der Waals surface area contributed by atoms with Gasteiger partial charge in [0.2, 0.25) is 0 Å². The highest BCUT2D eigenvalue weighted by molar-refractivity contribution is 5.77. The summed E-state index contributed by atoms with van der Waals surface area (Å²) in [5, 5.41) is 4.53. The van der Waals surface area contributed by atoms with Crippen molar-refractivity contribution in [1.82, 2.24) is 18.9 Å². The number of aromatic nitrogens is 4. The smallest absolute Gasteiger partial charge is 0.285 e. The Morgan fingerprint density at radius 2 is 1.52 bits per heavy atom. The lowest BCUT2D eigenvalue weighted by Gasteiger charge is -2.14. The molecular weight excluding hydrogens is 364 g/mol. The Bertz CT molecular complexity index is 1300. The van der Waals surface area contributed by atoms with Crippen LogP contribution in [0.25, 0.3) is 11.0 Å². The Hall–Kier alpha value is -3.41. The van der Waals surface area contributed by atoms with Crippen LogP contribution in [0.5, 0.6) is 0 Å². The van der Waals surface area contributed by atoms with E-state index in [9.17, 15) is 9.59 Å². The predicted molar refractivity (Wildman–Crippen MR) is 114 cm³/mol. The van der Waals surface area contributed by atoms with E-state index in [-0.39, 0.29) is 17.8 Å². The molecule has 0 aliphatic carbocycles. The minimum atomic E-state index is -0.312.